The van der Waals surface area contributed by atoms with Crippen LogP contribution in [0, 0.1) is 36.5 Å². The number of hydrogen-bond donors (Lipinski definition) is 2. The van der Waals surface area contributed by atoms with Crippen LogP contribution in [0.5, 0.6) is 17.2 Å². The van der Waals surface area contributed by atoms with Crippen molar-refractivity contribution in [3.8, 4) is 17.2 Å². The number of aromatic nitrogens is 1. The van der Waals surface area contributed by atoms with Crippen molar-refractivity contribution in [2.45, 2.75) is 31.4 Å². The van der Waals surface area contributed by atoms with Gasteiger partial charge < -0.3 is 14.6 Å². The number of allylic oxidation sites excluding steroid dienone is 3. The Morgan fingerprint density at radius 2 is 1.60 bits per heavy atom. The third-order valence-electron chi connectivity index (χ3n) is 12.1. The molecule has 0 unspecified atom stereocenters. The zero-order valence-electron chi connectivity index (χ0n) is 32.7. The van der Waals surface area contributed by atoms with Crippen LogP contribution in [0.2, 0.25) is 5.02 Å². The number of nitrogens with one attached hydrogen (secondary N) is 1. The average Bonchev–Trinajstić information content (AvgIpc) is 3.61. The molecule has 0 bridgehead atoms. The zero-order valence-corrected chi connectivity index (χ0v) is 33.5. The van der Waals surface area contributed by atoms with Crippen LogP contribution < -0.4 is 19.9 Å². The molecule has 60 heavy (non-hydrogen) atoms. The standard InChI is InChI=1S/C44H39ClF3N5O7/c1-23-10-13-26(14-11-23)50-52-40(56)31-22-29-27(15-16-28-36(29)41(57)53(39(28)55)51(2)38-32(45)18-19-35(49-38)44(46,47)48)30(43(31,42(52)58)25-8-6-5-7-9-25)17-12-24-20-33(59-3)37(54)34(21-24)60-4/h5-15,17-21,28-31,36,50,54H,16,22H2,1-4H3/t28-,29+,30-,31-,36-,43-/m0/s1. The van der Waals surface area contributed by atoms with Gasteiger partial charge in [-0.15, -0.1) is 0 Å². The molecule has 12 nitrogen and oxygen atoms in total. The van der Waals surface area contributed by atoms with E-state index in [-0.39, 0.29) is 35.1 Å². The summed E-state index contributed by atoms with van der Waals surface area (Å²) in [6.45, 7) is 1.91. The molecule has 3 heterocycles. The number of hydrogen-bond acceptors (Lipinski definition) is 10. The minimum absolute atomic E-state index is 0.0110. The second-order valence-corrected chi connectivity index (χ2v) is 15.7. The number of carbonyl (C=O) groups excluding carboxylic acids is 4. The predicted octanol–water partition coefficient (Wildman–Crippen LogP) is 7.37. The molecule has 310 valence electrons. The van der Waals surface area contributed by atoms with Crippen LogP contribution in [-0.4, -0.2) is 65.0 Å². The highest BCUT2D eigenvalue weighted by molar-refractivity contribution is 6.33. The molecule has 1 saturated carbocycles. The molecular weight excluding hydrogens is 803 g/mol. The van der Waals surface area contributed by atoms with Crippen LogP contribution in [0.3, 0.4) is 0 Å². The second-order valence-electron chi connectivity index (χ2n) is 15.3. The lowest BCUT2D eigenvalue weighted by Gasteiger charge is -2.49. The number of halogens is 4. The highest BCUT2D eigenvalue weighted by Gasteiger charge is 2.70. The fraction of sp³-hybridized carbons (Fsp3) is 0.295. The lowest BCUT2D eigenvalue weighted by molar-refractivity contribution is -0.142. The number of aromatic hydroxyl groups is 1. The number of carbonyl (C=O) groups is 4. The lowest BCUT2D eigenvalue weighted by Crippen LogP contribution is -2.54. The molecule has 1 aromatic heterocycles. The van der Waals surface area contributed by atoms with Crippen LogP contribution >= 0.6 is 11.6 Å². The number of aryl methyl sites for hydroxylation is 1. The summed E-state index contributed by atoms with van der Waals surface area (Å²) < 4.78 is 52.0. The Morgan fingerprint density at radius 3 is 2.23 bits per heavy atom. The first kappa shape index (κ1) is 40.4. The fourth-order valence-electron chi connectivity index (χ4n) is 9.40. The second kappa shape index (κ2) is 15.0. The number of hydrazine groups is 2. The van der Waals surface area contributed by atoms with Gasteiger partial charge in [-0.1, -0.05) is 83.4 Å². The van der Waals surface area contributed by atoms with E-state index in [1.807, 2.05) is 25.1 Å². The van der Waals surface area contributed by atoms with Crippen molar-refractivity contribution < 1.29 is 46.9 Å². The Hall–Kier alpha value is -6.35. The third kappa shape index (κ3) is 6.33. The summed E-state index contributed by atoms with van der Waals surface area (Å²) >= 11 is 6.32. The molecule has 4 aromatic rings. The number of nitrogens with zero attached hydrogens (tertiary/aromatic N) is 4. The highest BCUT2D eigenvalue weighted by Crippen LogP contribution is 2.61. The number of ether oxygens (including phenoxy) is 2. The summed E-state index contributed by atoms with van der Waals surface area (Å²) in [6.07, 6.45) is 0.584. The molecule has 8 rings (SSSR count). The van der Waals surface area contributed by atoms with Gasteiger partial charge >= 0.3 is 6.18 Å². The van der Waals surface area contributed by atoms with Crippen LogP contribution in [0.1, 0.15) is 35.2 Å². The number of imide groups is 2. The van der Waals surface area contributed by atoms with Crippen molar-refractivity contribution in [2.24, 2.45) is 29.6 Å². The molecule has 2 N–H and O–H groups in total. The third-order valence-corrected chi connectivity index (χ3v) is 12.4. The van der Waals surface area contributed by atoms with Crippen molar-refractivity contribution in [1.82, 2.24) is 15.0 Å². The van der Waals surface area contributed by atoms with E-state index in [1.165, 1.54) is 21.3 Å². The average molecular weight is 842 g/mol. The van der Waals surface area contributed by atoms with E-state index >= 15 is 4.79 Å². The number of alkyl halides is 3. The van der Waals surface area contributed by atoms with E-state index in [2.05, 4.69) is 10.4 Å². The normalized spacial score (nSPS) is 24.9. The monoisotopic (exact) mass is 841 g/mol. The maximum absolute atomic E-state index is 15.3. The molecule has 2 aliphatic carbocycles. The number of phenols is 1. The van der Waals surface area contributed by atoms with Crippen molar-refractivity contribution in [3.05, 3.63) is 124 Å². The predicted molar refractivity (Wildman–Crippen MR) is 214 cm³/mol. The van der Waals surface area contributed by atoms with Gasteiger partial charge in [-0.3, -0.25) is 29.6 Å². The van der Waals surface area contributed by atoms with Crippen molar-refractivity contribution in [3.63, 3.8) is 0 Å². The van der Waals surface area contributed by atoms with Gasteiger partial charge in [0.15, 0.2) is 17.3 Å². The Labute approximate surface area is 347 Å². The van der Waals surface area contributed by atoms with Crippen LogP contribution in [0.15, 0.2) is 96.6 Å². The molecule has 0 spiro atoms. The molecule has 4 aliphatic rings. The zero-order chi connectivity index (χ0) is 42.8. The van der Waals surface area contributed by atoms with Crippen molar-refractivity contribution in [1.29, 1.82) is 0 Å². The fourth-order valence-corrected chi connectivity index (χ4v) is 9.63. The van der Waals surface area contributed by atoms with E-state index in [0.29, 0.717) is 28.5 Å². The Morgan fingerprint density at radius 1 is 0.933 bits per heavy atom. The first-order valence-corrected chi connectivity index (χ1v) is 19.4. The smallest absolute Gasteiger partial charge is 0.433 e. The van der Waals surface area contributed by atoms with Gasteiger partial charge in [-0.25, -0.2) is 4.98 Å². The van der Waals surface area contributed by atoms with Gasteiger partial charge in [-0.05, 0) is 73.2 Å². The van der Waals surface area contributed by atoms with Crippen LogP contribution in [0.4, 0.5) is 24.7 Å². The van der Waals surface area contributed by atoms with Gasteiger partial charge in [0.1, 0.15) is 5.69 Å². The number of fused-ring (bicyclic) bond motifs is 4. The van der Waals surface area contributed by atoms with Crippen molar-refractivity contribution >= 4 is 52.8 Å². The number of phenolic OH excluding ortho intramolecular Hbond substituents is 1. The van der Waals surface area contributed by atoms with E-state index < -0.39 is 76.3 Å². The van der Waals surface area contributed by atoms with Gasteiger partial charge in [0.25, 0.3) is 23.6 Å². The molecular formula is C44H39ClF3N5O7. The van der Waals surface area contributed by atoms with Crippen molar-refractivity contribution in [2.75, 3.05) is 31.7 Å². The quantitative estimate of drug-likeness (QED) is 0.130. The van der Waals surface area contributed by atoms with Gasteiger partial charge in [-0.2, -0.15) is 23.2 Å². The summed E-state index contributed by atoms with van der Waals surface area (Å²) in [5.74, 6) is -7.53. The maximum Gasteiger partial charge on any atom is 0.433 e. The number of rotatable bonds is 9. The van der Waals surface area contributed by atoms with Gasteiger partial charge in [0.05, 0.1) is 48.1 Å². The molecule has 6 atom stereocenters. The van der Waals surface area contributed by atoms with Gasteiger partial charge in [0.2, 0.25) is 5.75 Å². The minimum atomic E-state index is -4.83. The molecule has 2 saturated heterocycles. The topological polar surface area (TPSA) is 142 Å². The molecule has 3 aromatic carbocycles. The molecule has 4 amide bonds. The van der Waals surface area contributed by atoms with E-state index in [1.54, 1.807) is 66.7 Å². The number of anilines is 2. The van der Waals surface area contributed by atoms with Crippen LogP contribution in [-0.2, 0) is 30.8 Å². The van der Waals surface area contributed by atoms with Gasteiger partial charge in [0, 0.05) is 13.0 Å². The summed E-state index contributed by atoms with van der Waals surface area (Å²) in [4.78, 5) is 62.8. The SMILES string of the molecule is COc1cc(C=C[C@H]2C3=CC[C@@H]4C(=O)N(N(C)c5nc(C(F)(F)F)ccc5Cl)C(=O)[C@@H]4[C@@H]3C[C@H]3C(=O)N(Nc4ccc(C)cc4)C(=O)[C@@]23c2ccccc2)cc(OC)c1O. The Balaban J connectivity index is 1.27. The Bertz CT molecular complexity index is 2450. The van der Waals surface area contributed by atoms with Crippen LogP contribution in [0.25, 0.3) is 6.08 Å². The molecule has 0 radical (unpaired) electrons. The van der Waals surface area contributed by atoms with E-state index in [0.717, 1.165) is 26.7 Å². The number of amides is 4. The molecule has 3 fully saturated rings. The summed E-state index contributed by atoms with van der Waals surface area (Å²) in [5.41, 5.74) is 3.42. The number of methoxy groups -OCH3 is 2. The summed E-state index contributed by atoms with van der Waals surface area (Å²) in [7, 11) is 4.03. The summed E-state index contributed by atoms with van der Waals surface area (Å²) in [6, 6.07) is 21.0. The maximum atomic E-state index is 15.3. The minimum Gasteiger partial charge on any atom is -0.502 e. The van der Waals surface area contributed by atoms with E-state index in [4.69, 9.17) is 21.1 Å². The number of benzene rings is 3. The first-order valence-electron chi connectivity index (χ1n) is 19.1. The lowest BCUT2D eigenvalue weighted by atomic mass is 9.50. The molecule has 2 aliphatic heterocycles. The molecule has 16 heteroatoms. The first-order chi connectivity index (χ1) is 28.6. The highest BCUT2D eigenvalue weighted by atomic mass is 35.5. The largest absolute Gasteiger partial charge is 0.502 e. The summed E-state index contributed by atoms with van der Waals surface area (Å²) in [5, 5.41) is 13.2. The van der Waals surface area contributed by atoms with E-state index in [9.17, 15) is 32.7 Å². The number of pyridine rings is 1. The Kier molecular flexibility index (Phi) is 10.1.